The Balaban J connectivity index is 1.78. The molecule has 0 amide bonds. The van der Waals surface area contributed by atoms with Crippen molar-refractivity contribution in [3.63, 3.8) is 0 Å². The largest absolute Gasteiger partial charge is 0.303 e. The van der Waals surface area contributed by atoms with Gasteiger partial charge in [-0.1, -0.05) is 12.8 Å². The minimum atomic E-state index is 0.445. The molecule has 1 aromatic heterocycles. The van der Waals surface area contributed by atoms with Gasteiger partial charge in [0, 0.05) is 18.3 Å². The van der Waals surface area contributed by atoms with Gasteiger partial charge in [0.15, 0.2) is 0 Å². The summed E-state index contributed by atoms with van der Waals surface area (Å²) < 4.78 is 0. The third kappa shape index (κ3) is 4.10. The summed E-state index contributed by atoms with van der Waals surface area (Å²) in [5.74, 6) is 0. The van der Waals surface area contributed by atoms with E-state index >= 15 is 0 Å². The zero-order chi connectivity index (χ0) is 11.9. The zero-order valence-electron chi connectivity index (χ0n) is 10.2. The van der Waals surface area contributed by atoms with E-state index in [-0.39, 0.29) is 0 Å². The lowest BCUT2D eigenvalue weighted by molar-refractivity contribution is 0.288. The fourth-order valence-electron chi connectivity index (χ4n) is 2.24. The van der Waals surface area contributed by atoms with E-state index in [4.69, 9.17) is 5.26 Å². The van der Waals surface area contributed by atoms with Crippen LogP contribution in [0.25, 0.3) is 0 Å². The lowest BCUT2D eigenvalue weighted by atomic mass is 10.2. The molecule has 0 spiro atoms. The minimum absolute atomic E-state index is 0.445. The summed E-state index contributed by atoms with van der Waals surface area (Å²) in [5.41, 5.74) is 0.934. The smallest absolute Gasteiger partial charge is 0.0941 e. The van der Waals surface area contributed by atoms with Crippen molar-refractivity contribution in [3.8, 4) is 6.07 Å². The van der Waals surface area contributed by atoms with Gasteiger partial charge in [0.1, 0.15) is 0 Å². The number of thiazole rings is 1. The topological polar surface area (TPSA) is 39.9 Å². The molecule has 0 bridgehead atoms. The molecule has 0 N–H and O–H groups in total. The molecule has 0 radical (unpaired) electrons. The summed E-state index contributed by atoms with van der Waals surface area (Å²) in [6.07, 6.45) is 6.95. The van der Waals surface area contributed by atoms with Crippen LogP contribution in [0.15, 0.2) is 5.38 Å². The molecule has 0 atom stereocenters. The molecule has 2 rings (SSSR count). The highest BCUT2D eigenvalue weighted by Crippen LogP contribution is 2.13. The van der Waals surface area contributed by atoms with E-state index in [1.165, 1.54) is 43.8 Å². The lowest BCUT2D eigenvalue weighted by Crippen LogP contribution is -2.26. The van der Waals surface area contributed by atoms with E-state index in [9.17, 15) is 0 Å². The molecule has 1 saturated heterocycles. The Hall–Kier alpha value is -0.920. The van der Waals surface area contributed by atoms with Crippen molar-refractivity contribution in [2.45, 2.75) is 38.5 Å². The first-order valence-corrected chi connectivity index (χ1v) is 7.29. The van der Waals surface area contributed by atoms with E-state index in [0.29, 0.717) is 6.42 Å². The summed E-state index contributed by atoms with van der Waals surface area (Å²) >= 11 is 1.69. The van der Waals surface area contributed by atoms with Crippen LogP contribution in [0.5, 0.6) is 0 Å². The molecule has 1 aromatic rings. The third-order valence-electron chi connectivity index (χ3n) is 3.20. The van der Waals surface area contributed by atoms with Crippen LogP contribution in [-0.4, -0.2) is 29.5 Å². The van der Waals surface area contributed by atoms with Gasteiger partial charge in [-0.05, 0) is 25.9 Å². The lowest BCUT2D eigenvalue weighted by Gasteiger charge is -2.18. The molecular weight excluding hydrogens is 230 g/mol. The minimum Gasteiger partial charge on any atom is -0.303 e. The number of hydrogen-bond acceptors (Lipinski definition) is 4. The molecule has 2 heterocycles. The van der Waals surface area contributed by atoms with Gasteiger partial charge < -0.3 is 4.90 Å². The first kappa shape index (κ1) is 12.5. The van der Waals surface area contributed by atoms with Crippen LogP contribution < -0.4 is 0 Å². The Kier molecular flexibility index (Phi) is 4.96. The number of nitriles is 1. The van der Waals surface area contributed by atoms with Crippen LogP contribution in [0.3, 0.4) is 0 Å². The van der Waals surface area contributed by atoms with E-state index in [1.807, 2.05) is 5.38 Å². The highest BCUT2D eigenvalue weighted by molar-refractivity contribution is 7.09. The predicted octanol–water partition coefficient (Wildman–Crippen LogP) is 2.63. The van der Waals surface area contributed by atoms with Crippen LogP contribution >= 0.6 is 11.3 Å². The molecule has 92 valence electrons. The Labute approximate surface area is 107 Å². The summed E-state index contributed by atoms with van der Waals surface area (Å²) in [6, 6.07) is 2.14. The highest BCUT2D eigenvalue weighted by atomic mass is 32.1. The zero-order valence-corrected chi connectivity index (χ0v) is 11.0. The van der Waals surface area contributed by atoms with Gasteiger partial charge in [0.2, 0.25) is 0 Å². The van der Waals surface area contributed by atoms with Gasteiger partial charge in [0.25, 0.3) is 0 Å². The van der Waals surface area contributed by atoms with Crippen LogP contribution in [0.1, 0.15) is 36.4 Å². The molecule has 0 unspecified atom stereocenters. The molecular formula is C13H19N3S. The number of nitrogens with zero attached hydrogens (tertiary/aromatic N) is 3. The van der Waals surface area contributed by atoms with Crippen molar-refractivity contribution in [3.05, 3.63) is 16.1 Å². The van der Waals surface area contributed by atoms with Gasteiger partial charge in [-0.2, -0.15) is 5.26 Å². The second-order valence-corrected chi connectivity index (χ2v) is 5.52. The quantitative estimate of drug-likeness (QED) is 0.823. The molecule has 1 fully saturated rings. The number of rotatable bonds is 4. The Morgan fingerprint density at radius 2 is 2.06 bits per heavy atom. The predicted molar refractivity (Wildman–Crippen MR) is 70.0 cm³/mol. The SMILES string of the molecule is N#CCc1csc(CCN2CCCCCC2)n1. The average Bonchev–Trinajstić information content (AvgIpc) is 2.63. The van der Waals surface area contributed by atoms with Crippen LogP contribution in [-0.2, 0) is 12.8 Å². The fourth-order valence-corrected chi connectivity index (χ4v) is 3.03. The first-order chi connectivity index (χ1) is 8.38. The van der Waals surface area contributed by atoms with Crippen molar-refractivity contribution in [1.82, 2.24) is 9.88 Å². The average molecular weight is 249 g/mol. The van der Waals surface area contributed by atoms with Crippen LogP contribution in [0.4, 0.5) is 0 Å². The maximum Gasteiger partial charge on any atom is 0.0941 e. The van der Waals surface area contributed by atoms with Crippen molar-refractivity contribution >= 4 is 11.3 Å². The molecule has 0 aromatic carbocycles. The second kappa shape index (κ2) is 6.73. The maximum atomic E-state index is 8.60. The summed E-state index contributed by atoms with van der Waals surface area (Å²) in [5, 5.41) is 11.8. The van der Waals surface area contributed by atoms with Crippen LogP contribution in [0, 0.1) is 11.3 Å². The number of likely N-dealkylation sites (tertiary alicyclic amines) is 1. The summed E-state index contributed by atoms with van der Waals surface area (Å²) in [4.78, 5) is 7.03. The molecule has 0 saturated carbocycles. The van der Waals surface area contributed by atoms with E-state index in [2.05, 4.69) is 16.0 Å². The highest BCUT2D eigenvalue weighted by Gasteiger charge is 2.09. The first-order valence-electron chi connectivity index (χ1n) is 6.41. The molecule has 1 aliphatic rings. The van der Waals surface area contributed by atoms with Gasteiger partial charge in [-0.15, -0.1) is 11.3 Å². The van der Waals surface area contributed by atoms with Crippen molar-refractivity contribution < 1.29 is 0 Å². The third-order valence-corrected chi connectivity index (χ3v) is 4.16. The number of aromatic nitrogens is 1. The Morgan fingerprint density at radius 3 is 2.76 bits per heavy atom. The van der Waals surface area contributed by atoms with Gasteiger partial charge >= 0.3 is 0 Å². The Morgan fingerprint density at radius 1 is 1.29 bits per heavy atom. The van der Waals surface area contributed by atoms with E-state index < -0.39 is 0 Å². The van der Waals surface area contributed by atoms with Crippen molar-refractivity contribution in [2.75, 3.05) is 19.6 Å². The number of hydrogen-bond donors (Lipinski definition) is 0. The normalized spacial score (nSPS) is 17.6. The monoisotopic (exact) mass is 249 g/mol. The second-order valence-electron chi connectivity index (χ2n) is 4.57. The van der Waals surface area contributed by atoms with Gasteiger partial charge in [-0.3, -0.25) is 0 Å². The molecule has 4 heteroatoms. The van der Waals surface area contributed by atoms with Crippen LogP contribution in [0.2, 0.25) is 0 Å². The molecule has 0 aliphatic carbocycles. The van der Waals surface area contributed by atoms with E-state index in [0.717, 1.165) is 18.7 Å². The molecule has 17 heavy (non-hydrogen) atoms. The van der Waals surface area contributed by atoms with Gasteiger partial charge in [0.05, 0.1) is 23.2 Å². The molecule has 1 aliphatic heterocycles. The summed E-state index contributed by atoms with van der Waals surface area (Å²) in [6.45, 7) is 3.62. The Bertz CT molecular complexity index is 372. The summed E-state index contributed by atoms with van der Waals surface area (Å²) in [7, 11) is 0. The standard InChI is InChI=1S/C13H19N3S/c14-7-5-12-11-17-13(15-12)6-10-16-8-3-1-2-4-9-16/h11H,1-6,8-10H2. The van der Waals surface area contributed by atoms with E-state index in [1.54, 1.807) is 11.3 Å². The fraction of sp³-hybridized carbons (Fsp3) is 0.692. The maximum absolute atomic E-state index is 8.60. The van der Waals surface area contributed by atoms with Crippen molar-refractivity contribution in [1.29, 1.82) is 5.26 Å². The van der Waals surface area contributed by atoms with Crippen molar-refractivity contribution in [2.24, 2.45) is 0 Å². The molecule has 3 nitrogen and oxygen atoms in total. The van der Waals surface area contributed by atoms with Gasteiger partial charge in [-0.25, -0.2) is 4.98 Å².